The molecule has 0 radical (unpaired) electrons. The molecule has 22 heavy (non-hydrogen) atoms. The minimum absolute atomic E-state index is 0.0455. The first-order valence-corrected chi connectivity index (χ1v) is 7.05. The summed E-state index contributed by atoms with van der Waals surface area (Å²) >= 11 is 1.96. The number of hydrogen-bond acceptors (Lipinski definition) is 7. The van der Waals surface area contributed by atoms with Gasteiger partial charge >= 0.3 is 5.69 Å². The number of rotatable bonds is 5. The highest BCUT2D eigenvalue weighted by molar-refractivity contribution is 14.1. The lowest BCUT2D eigenvalue weighted by Crippen LogP contribution is -1.99. The molecule has 0 unspecified atom stereocenters. The van der Waals surface area contributed by atoms with Gasteiger partial charge in [0.05, 0.1) is 21.8 Å². The summed E-state index contributed by atoms with van der Waals surface area (Å²) in [6.07, 6.45) is 2.87. The van der Waals surface area contributed by atoms with Crippen molar-refractivity contribution < 1.29 is 14.8 Å². The second-order valence-corrected chi connectivity index (χ2v) is 5.21. The average Bonchev–Trinajstić information content (AvgIpc) is 2.51. The molecule has 0 aliphatic heterocycles. The van der Waals surface area contributed by atoms with Gasteiger partial charge in [0.1, 0.15) is 0 Å². The van der Waals surface area contributed by atoms with Gasteiger partial charge in [-0.2, -0.15) is 5.10 Å². The zero-order chi connectivity index (χ0) is 16.1. The van der Waals surface area contributed by atoms with Gasteiger partial charge in [-0.25, -0.2) is 4.98 Å². The average molecular weight is 414 g/mol. The zero-order valence-electron chi connectivity index (χ0n) is 11.4. The normalized spacial score (nSPS) is 10.6. The molecule has 2 aromatic rings. The third-order valence-corrected chi connectivity index (χ3v) is 3.46. The highest BCUT2D eigenvalue weighted by atomic mass is 127. The Labute approximate surface area is 139 Å². The predicted molar refractivity (Wildman–Crippen MR) is 89.5 cm³/mol. The number of ether oxygens (including phenoxy) is 1. The summed E-state index contributed by atoms with van der Waals surface area (Å²) in [5.74, 6) is 0.412. The summed E-state index contributed by atoms with van der Waals surface area (Å²) in [7, 11) is 1.45. The number of hydrazone groups is 1. The standard InChI is InChI=1S/C13H11IN4O4/c1-22-11-6-8(5-9(14)12(11)19)7-16-17-13-10(18(20)21)3-2-4-15-13/h2-7,19H,1H3,(H,15,17)/b16-7-. The fourth-order valence-electron chi connectivity index (χ4n) is 1.62. The van der Waals surface area contributed by atoms with E-state index in [-0.39, 0.29) is 17.3 Å². The number of aromatic nitrogens is 1. The number of anilines is 1. The number of hydrogen-bond donors (Lipinski definition) is 2. The molecular weight excluding hydrogens is 403 g/mol. The molecule has 0 saturated heterocycles. The van der Waals surface area contributed by atoms with E-state index in [1.165, 1.54) is 31.7 Å². The van der Waals surface area contributed by atoms with Gasteiger partial charge in [0, 0.05) is 12.3 Å². The van der Waals surface area contributed by atoms with Gasteiger partial charge in [-0.1, -0.05) is 0 Å². The maximum Gasteiger partial charge on any atom is 0.313 e. The van der Waals surface area contributed by atoms with E-state index >= 15 is 0 Å². The maximum atomic E-state index is 10.8. The van der Waals surface area contributed by atoms with Crippen molar-refractivity contribution in [1.82, 2.24) is 4.98 Å². The van der Waals surface area contributed by atoms with Gasteiger partial charge in [0.15, 0.2) is 11.5 Å². The van der Waals surface area contributed by atoms with Crippen molar-refractivity contribution in [1.29, 1.82) is 0 Å². The van der Waals surface area contributed by atoms with Crippen molar-refractivity contribution in [3.8, 4) is 11.5 Å². The van der Waals surface area contributed by atoms with Crippen molar-refractivity contribution >= 4 is 40.3 Å². The van der Waals surface area contributed by atoms with Crippen molar-refractivity contribution in [2.45, 2.75) is 0 Å². The van der Waals surface area contributed by atoms with Crippen molar-refractivity contribution in [2.24, 2.45) is 5.10 Å². The Kier molecular flexibility index (Phi) is 5.09. The van der Waals surface area contributed by atoms with Gasteiger partial charge in [-0.05, 0) is 46.4 Å². The Balaban J connectivity index is 2.20. The summed E-state index contributed by atoms with van der Waals surface area (Å²) in [4.78, 5) is 14.2. The lowest BCUT2D eigenvalue weighted by Gasteiger charge is -2.06. The highest BCUT2D eigenvalue weighted by Crippen LogP contribution is 2.31. The van der Waals surface area contributed by atoms with E-state index in [1.807, 2.05) is 22.6 Å². The molecule has 0 atom stereocenters. The monoisotopic (exact) mass is 414 g/mol. The summed E-state index contributed by atoms with van der Waals surface area (Å²) < 4.78 is 5.64. The first kappa shape index (κ1) is 15.9. The highest BCUT2D eigenvalue weighted by Gasteiger charge is 2.13. The Morgan fingerprint density at radius 2 is 2.32 bits per heavy atom. The zero-order valence-corrected chi connectivity index (χ0v) is 13.5. The second kappa shape index (κ2) is 7.02. The summed E-state index contributed by atoms with van der Waals surface area (Å²) in [6.45, 7) is 0. The van der Waals surface area contributed by atoms with Crippen LogP contribution in [0.4, 0.5) is 11.5 Å². The van der Waals surface area contributed by atoms with Crippen LogP contribution in [0.15, 0.2) is 35.6 Å². The SMILES string of the molecule is COc1cc(/C=N\Nc2ncccc2[N+](=O)[O-])cc(I)c1O. The van der Waals surface area contributed by atoms with Crippen molar-refractivity contribution in [2.75, 3.05) is 12.5 Å². The van der Waals surface area contributed by atoms with Crippen LogP contribution < -0.4 is 10.2 Å². The Morgan fingerprint density at radius 3 is 3.00 bits per heavy atom. The number of phenols is 1. The number of nitro groups is 1. The number of methoxy groups -OCH3 is 1. The van der Waals surface area contributed by atoms with Crippen LogP contribution >= 0.6 is 22.6 Å². The summed E-state index contributed by atoms with van der Waals surface area (Å²) in [5.41, 5.74) is 3.01. The number of phenolic OH excluding ortho intramolecular Hbond substituents is 1. The van der Waals surface area contributed by atoms with E-state index in [9.17, 15) is 15.2 Å². The van der Waals surface area contributed by atoms with Crippen LogP contribution in [-0.4, -0.2) is 28.3 Å². The fourth-order valence-corrected chi connectivity index (χ4v) is 2.25. The van der Waals surface area contributed by atoms with Crippen LogP contribution in [0.2, 0.25) is 0 Å². The molecule has 0 aliphatic rings. The van der Waals surface area contributed by atoms with Crippen LogP contribution in [0.5, 0.6) is 11.5 Å². The minimum Gasteiger partial charge on any atom is -0.504 e. The molecule has 1 heterocycles. The molecule has 8 nitrogen and oxygen atoms in total. The van der Waals surface area contributed by atoms with Gasteiger partial charge < -0.3 is 9.84 Å². The van der Waals surface area contributed by atoms with E-state index < -0.39 is 4.92 Å². The molecule has 1 aromatic heterocycles. The van der Waals surface area contributed by atoms with E-state index in [2.05, 4.69) is 15.5 Å². The third-order valence-electron chi connectivity index (χ3n) is 2.64. The molecule has 0 spiro atoms. The van der Waals surface area contributed by atoms with Crippen LogP contribution in [0.1, 0.15) is 5.56 Å². The van der Waals surface area contributed by atoms with Crippen molar-refractivity contribution in [3.05, 3.63) is 49.7 Å². The molecule has 2 rings (SSSR count). The molecule has 0 bridgehead atoms. The number of benzene rings is 1. The van der Waals surface area contributed by atoms with Gasteiger partial charge in [-0.15, -0.1) is 0 Å². The smallest absolute Gasteiger partial charge is 0.313 e. The molecule has 0 aliphatic carbocycles. The fraction of sp³-hybridized carbons (Fsp3) is 0.0769. The van der Waals surface area contributed by atoms with Gasteiger partial charge in [0.2, 0.25) is 5.82 Å². The number of nitrogens with zero attached hydrogens (tertiary/aromatic N) is 3. The minimum atomic E-state index is -0.544. The van der Waals surface area contributed by atoms with Crippen molar-refractivity contribution in [3.63, 3.8) is 0 Å². The third kappa shape index (κ3) is 3.61. The summed E-state index contributed by atoms with van der Waals surface area (Å²) in [5, 5.41) is 24.5. The Hall–Kier alpha value is -2.43. The van der Waals surface area contributed by atoms with Crippen LogP contribution in [0.3, 0.4) is 0 Å². The van der Waals surface area contributed by atoms with E-state index in [4.69, 9.17) is 4.74 Å². The molecule has 114 valence electrons. The molecule has 1 aromatic carbocycles. The molecule has 0 amide bonds. The number of halogens is 1. The molecule has 2 N–H and O–H groups in total. The second-order valence-electron chi connectivity index (χ2n) is 4.05. The van der Waals surface area contributed by atoms with E-state index in [0.29, 0.717) is 14.9 Å². The van der Waals surface area contributed by atoms with E-state index in [0.717, 1.165) is 0 Å². The Morgan fingerprint density at radius 1 is 1.55 bits per heavy atom. The van der Waals surface area contributed by atoms with Gasteiger partial charge in [0.25, 0.3) is 0 Å². The van der Waals surface area contributed by atoms with Crippen LogP contribution in [0.25, 0.3) is 0 Å². The number of nitrogens with one attached hydrogen (secondary N) is 1. The van der Waals surface area contributed by atoms with E-state index in [1.54, 1.807) is 12.1 Å². The lowest BCUT2D eigenvalue weighted by atomic mass is 10.2. The van der Waals surface area contributed by atoms with Crippen LogP contribution in [-0.2, 0) is 0 Å². The first-order valence-electron chi connectivity index (χ1n) is 5.98. The molecular formula is C13H11IN4O4. The molecule has 9 heteroatoms. The number of aromatic hydroxyl groups is 1. The largest absolute Gasteiger partial charge is 0.504 e. The summed E-state index contributed by atoms with van der Waals surface area (Å²) in [6, 6.07) is 6.09. The molecule has 0 fully saturated rings. The number of pyridine rings is 1. The Bertz CT molecular complexity index is 736. The topological polar surface area (TPSA) is 110 Å². The first-order chi connectivity index (χ1) is 10.5. The van der Waals surface area contributed by atoms with Crippen LogP contribution in [0, 0.1) is 13.7 Å². The quantitative estimate of drug-likeness (QED) is 0.337. The maximum absolute atomic E-state index is 10.8. The lowest BCUT2D eigenvalue weighted by molar-refractivity contribution is -0.384. The predicted octanol–water partition coefficient (Wildman–Crippen LogP) is 2.75. The van der Waals surface area contributed by atoms with Gasteiger partial charge in [-0.3, -0.25) is 15.5 Å². The molecule has 0 saturated carbocycles.